The van der Waals surface area contributed by atoms with Crippen LogP contribution >= 0.6 is 0 Å². The van der Waals surface area contributed by atoms with Crippen LogP contribution in [0, 0.1) is 5.82 Å². The molecule has 0 bridgehead atoms. The number of ether oxygens (including phenoxy) is 3. The Morgan fingerprint density at radius 1 is 1.07 bits per heavy atom. The molecular weight excluding hydrogens is 349 g/mol. The molecule has 0 saturated carbocycles. The molecule has 0 saturated heterocycles. The Morgan fingerprint density at radius 2 is 1.85 bits per heavy atom. The summed E-state index contributed by atoms with van der Waals surface area (Å²) in [6, 6.07) is 13.5. The minimum atomic E-state index is -0.344. The quantitative estimate of drug-likeness (QED) is 0.438. The van der Waals surface area contributed by atoms with Crippen LogP contribution in [0.4, 0.5) is 4.39 Å². The van der Waals surface area contributed by atoms with Crippen LogP contribution < -0.4 is 9.47 Å². The number of hydrogen-bond acceptors (Lipinski definition) is 5. The number of hydrogen-bond donors (Lipinski definition) is 0. The SMILES string of the molecule is COc1ccc(OCCCC(=O)OCc2ccc(F)c3cccnc23)cc1. The van der Waals surface area contributed by atoms with Gasteiger partial charge in [-0.1, -0.05) is 6.07 Å². The lowest BCUT2D eigenvalue weighted by molar-refractivity contribution is -0.145. The highest BCUT2D eigenvalue weighted by atomic mass is 19.1. The molecular formula is C21H20FNO4. The minimum absolute atomic E-state index is 0.0615. The number of aromatic nitrogens is 1. The number of benzene rings is 2. The second-order valence-electron chi connectivity index (χ2n) is 5.89. The third-order valence-corrected chi connectivity index (χ3v) is 4.04. The van der Waals surface area contributed by atoms with E-state index in [4.69, 9.17) is 14.2 Å². The van der Waals surface area contributed by atoms with Gasteiger partial charge < -0.3 is 14.2 Å². The maximum Gasteiger partial charge on any atom is 0.306 e. The van der Waals surface area contributed by atoms with Gasteiger partial charge in [0.05, 0.1) is 19.2 Å². The van der Waals surface area contributed by atoms with E-state index in [-0.39, 0.29) is 24.8 Å². The standard InChI is InChI=1S/C21H20FNO4/c1-25-16-7-9-17(10-8-16)26-13-3-5-20(24)27-14-15-6-11-19(22)18-4-2-12-23-21(15)18/h2,4,6-12H,3,5,13-14H2,1H3. The van der Waals surface area contributed by atoms with Crippen molar-refractivity contribution in [3.63, 3.8) is 0 Å². The van der Waals surface area contributed by atoms with Gasteiger partial charge in [-0.25, -0.2) is 4.39 Å². The van der Waals surface area contributed by atoms with Gasteiger partial charge in [-0.15, -0.1) is 0 Å². The molecule has 6 heteroatoms. The lowest BCUT2D eigenvalue weighted by Gasteiger charge is -2.09. The molecule has 0 radical (unpaired) electrons. The molecule has 2 aromatic carbocycles. The molecule has 1 aromatic heterocycles. The molecule has 27 heavy (non-hydrogen) atoms. The summed E-state index contributed by atoms with van der Waals surface area (Å²) in [5.41, 5.74) is 1.18. The average Bonchev–Trinajstić information content (AvgIpc) is 2.71. The highest BCUT2D eigenvalue weighted by Crippen LogP contribution is 2.20. The van der Waals surface area contributed by atoms with Gasteiger partial charge in [0.15, 0.2) is 0 Å². The average molecular weight is 369 g/mol. The van der Waals surface area contributed by atoms with E-state index >= 15 is 0 Å². The van der Waals surface area contributed by atoms with Crippen LogP contribution in [0.1, 0.15) is 18.4 Å². The van der Waals surface area contributed by atoms with E-state index < -0.39 is 0 Å². The Labute approximate surface area is 156 Å². The number of carbonyl (C=O) groups is 1. The summed E-state index contributed by atoms with van der Waals surface area (Å²) >= 11 is 0. The summed E-state index contributed by atoms with van der Waals surface area (Å²) in [7, 11) is 1.60. The van der Waals surface area contributed by atoms with Crippen LogP contribution in [-0.2, 0) is 16.1 Å². The molecule has 5 nitrogen and oxygen atoms in total. The highest BCUT2D eigenvalue weighted by molar-refractivity contribution is 5.82. The predicted molar refractivity (Wildman–Crippen MR) is 99.2 cm³/mol. The number of rotatable bonds is 8. The Balaban J connectivity index is 1.44. The summed E-state index contributed by atoms with van der Waals surface area (Å²) in [6.45, 7) is 0.467. The molecule has 0 unspecified atom stereocenters. The van der Waals surface area contributed by atoms with Crippen LogP contribution in [0.3, 0.4) is 0 Å². The zero-order valence-corrected chi connectivity index (χ0v) is 15.0. The minimum Gasteiger partial charge on any atom is -0.497 e. The summed E-state index contributed by atoms with van der Waals surface area (Å²) in [5, 5.41) is 0.416. The van der Waals surface area contributed by atoms with Gasteiger partial charge >= 0.3 is 5.97 Å². The molecule has 0 aliphatic carbocycles. The number of fused-ring (bicyclic) bond motifs is 1. The molecule has 0 aliphatic heterocycles. The largest absolute Gasteiger partial charge is 0.497 e. The number of nitrogens with zero attached hydrogens (tertiary/aromatic N) is 1. The Morgan fingerprint density at radius 3 is 2.63 bits per heavy atom. The topological polar surface area (TPSA) is 57.7 Å². The van der Waals surface area contributed by atoms with E-state index in [0.717, 1.165) is 5.75 Å². The van der Waals surface area contributed by atoms with Crippen molar-refractivity contribution in [3.8, 4) is 11.5 Å². The number of halogens is 1. The maximum absolute atomic E-state index is 13.8. The van der Waals surface area contributed by atoms with Crippen molar-refractivity contribution in [2.75, 3.05) is 13.7 Å². The molecule has 0 atom stereocenters. The fraction of sp³-hybridized carbons (Fsp3) is 0.238. The summed E-state index contributed by atoms with van der Waals surface area (Å²) in [5.74, 6) is 0.798. The van der Waals surface area contributed by atoms with Gasteiger partial charge in [0.25, 0.3) is 0 Å². The first-order valence-corrected chi connectivity index (χ1v) is 8.62. The van der Waals surface area contributed by atoms with Crippen molar-refractivity contribution in [3.05, 3.63) is 66.1 Å². The zero-order valence-electron chi connectivity index (χ0n) is 15.0. The molecule has 3 rings (SSSR count). The second-order valence-corrected chi connectivity index (χ2v) is 5.89. The van der Waals surface area contributed by atoms with Crippen LogP contribution in [0.2, 0.25) is 0 Å². The third-order valence-electron chi connectivity index (χ3n) is 4.04. The summed E-state index contributed by atoms with van der Waals surface area (Å²) in [6.07, 6.45) is 2.36. The number of esters is 1. The van der Waals surface area contributed by atoms with Gasteiger partial charge in [0.1, 0.15) is 23.9 Å². The van der Waals surface area contributed by atoms with Crippen molar-refractivity contribution in [1.82, 2.24) is 4.98 Å². The van der Waals surface area contributed by atoms with Crippen LogP contribution in [-0.4, -0.2) is 24.7 Å². The third kappa shape index (κ3) is 4.94. The first-order valence-electron chi connectivity index (χ1n) is 8.62. The van der Waals surface area contributed by atoms with E-state index in [0.29, 0.717) is 35.2 Å². The van der Waals surface area contributed by atoms with Crippen molar-refractivity contribution in [1.29, 1.82) is 0 Å². The Hall–Kier alpha value is -3.15. The maximum atomic E-state index is 13.8. The highest BCUT2D eigenvalue weighted by Gasteiger charge is 2.09. The molecule has 1 heterocycles. The van der Waals surface area contributed by atoms with Gasteiger partial charge in [-0.2, -0.15) is 0 Å². The van der Waals surface area contributed by atoms with E-state index in [2.05, 4.69) is 4.98 Å². The molecule has 140 valence electrons. The lowest BCUT2D eigenvalue weighted by Crippen LogP contribution is -2.08. The summed E-state index contributed by atoms with van der Waals surface area (Å²) in [4.78, 5) is 16.1. The van der Waals surface area contributed by atoms with Crippen molar-refractivity contribution < 1.29 is 23.4 Å². The molecule has 3 aromatic rings. The molecule has 0 spiro atoms. The van der Waals surface area contributed by atoms with E-state index in [1.165, 1.54) is 6.07 Å². The van der Waals surface area contributed by atoms with Gasteiger partial charge in [0, 0.05) is 23.6 Å². The first kappa shape index (κ1) is 18.6. The molecule has 0 amide bonds. The van der Waals surface area contributed by atoms with Crippen LogP contribution in [0.5, 0.6) is 11.5 Å². The van der Waals surface area contributed by atoms with E-state index in [1.807, 2.05) is 24.3 Å². The Bertz CT molecular complexity index is 912. The monoisotopic (exact) mass is 369 g/mol. The molecule has 0 N–H and O–H groups in total. The normalized spacial score (nSPS) is 10.6. The fourth-order valence-corrected chi connectivity index (χ4v) is 2.62. The predicted octanol–water partition coefficient (Wildman–Crippen LogP) is 4.28. The fourth-order valence-electron chi connectivity index (χ4n) is 2.62. The number of methoxy groups -OCH3 is 1. The van der Waals surface area contributed by atoms with Gasteiger partial charge in [-0.05, 0) is 48.9 Å². The van der Waals surface area contributed by atoms with Crippen molar-refractivity contribution in [2.45, 2.75) is 19.4 Å². The Kier molecular flexibility index (Phi) is 6.20. The smallest absolute Gasteiger partial charge is 0.306 e. The van der Waals surface area contributed by atoms with Crippen LogP contribution in [0.15, 0.2) is 54.7 Å². The number of pyridine rings is 1. The van der Waals surface area contributed by atoms with E-state index in [1.54, 1.807) is 31.5 Å². The van der Waals surface area contributed by atoms with Gasteiger partial charge in [0.2, 0.25) is 0 Å². The first-order chi connectivity index (χ1) is 13.2. The van der Waals surface area contributed by atoms with Crippen molar-refractivity contribution >= 4 is 16.9 Å². The lowest BCUT2D eigenvalue weighted by atomic mass is 10.1. The number of carbonyl (C=O) groups excluding carboxylic acids is 1. The summed E-state index contributed by atoms with van der Waals surface area (Å²) < 4.78 is 29.7. The van der Waals surface area contributed by atoms with E-state index in [9.17, 15) is 9.18 Å². The van der Waals surface area contributed by atoms with Crippen molar-refractivity contribution in [2.24, 2.45) is 0 Å². The van der Waals surface area contributed by atoms with Gasteiger partial charge in [-0.3, -0.25) is 9.78 Å². The zero-order chi connectivity index (χ0) is 19.1. The molecule has 0 fully saturated rings. The molecule has 0 aliphatic rings. The second kappa shape index (κ2) is 8.98. The van der Waals surface area contributed by atoms with Crippen LogP contribution in [0.25, 0.3) is 10.9 Å².